The molecule has 3 nitrogen and oxygen atoms in total. The Hall–Kier alpha value is -2.46. The number of hydrogen-bond donors (Lipinski definition) is 1. The fourth-order valence-electron chi connectivity index (χ4n) is 2.81. The maximum absolute atomic E-state index is 5.25. The summed E-state index contributed by atoms with van der Waals surface area (Å²) in [7, 11) is 0. The summed E-state index contributed by atoms with van der Waals surface area (Å²) in [6, 6.07) is 14.8. The van der Waals surface area contributed by atoms with E-state index in [1.807, 2.05) is 10.8 Å². The molecule has 0 atom stereocenters. The smallest absolute Gasteiger partial charge is 0.172 e. The van der Waals surface area contributed by atoms with Crippen LogP contribution in [0.3, 0.4) is 0 Å². The van der Waals surface area contributed by atoms with Gasteiger partial charge in [0.2, 0.25) is 0 Å². The number of benzene rings is 2. The van der Waals surface area contributed by atoms with Gasteiger partial charge in [0.15, 0.2) is 11.5 Å². The maximum atomic E-state index is 5.25. The average Bonchev–Trinajstić information content (AvgIpc) is 3.20. The summed E-state index contributed by atoms with van der Waals surface area (Å²) in [5, 5.41) is 6.54. The van der Waals surface area contributed by atoms with Gasteiger partial charge in [0.05, 0.1) is 0 Å². The molecule has 3 heterocycles. The molecule has 0 aliphatic carbocycles. The van der Waals surface area contributed by atoms with Crippen LogP contribution in [0.15, 0.2) is 53.2 Å². The molecule has 116 valence electrons. The molecule has 0 bridgehead atoms. The summed E-state index contributed by atoms with van der Waals surface area (Å²) >= 11 is 1.61. The summed E-state index contributed by atoms with van der Waals surface area (Å²) < 4.78 is 10.5. The number of para-hydroxylation sites is 2. The fraction of sp³-hybridized carbons (Fsp3) is 0.158. The standard InChI is InChI=1S/C13H11N.C6H6O2S/c1-9-5-4-7-11-10-6-2-3-8-12(10)14-13(9)11;1-2-8-6-4-9-3-5(6)7-1/h2-8,14H,1H3;3-4H,1-2H2. The molecular weight excluding hydrogens is 306 g/mol. The van der Waals surface area contributed by atoms with Crippen LogP contribution in [0.2, 0.25) is 0 Å². The van der Waals surface area contributed by atoms with E-state index in [2.05, 4.69) is 54.4 Å². The molecule has 0 spiro atoms. The van der Waals surface area contributed by atoms with Gasteiger partial charge in [0.1, 0.15) is 13.2 Å². The van der Waals surface area contributed by atoms with Gasteiger partial charge < -0.3 is 14.5 Å². The number of ether oxygens (including phenoxy) is 2. The monoisotopic (exact) mass is 323 g/mol. The van der Waals surface area contributed by atoms with Crippen LogP contribution in [-0.4, -0.2) is 18.2 Å². The summed E-state index contributed by atoms with van der Waals surface area (Å²) in [5.41, 5.74) is 3.78. The SMILES string of the molecule is Cc1cccc2c1[nH]c1ccccc12.c1scc2c1OCCO2. The third kappa shape index (κ3) is 2.66. The van der Waals surface area contributed by atoms with E-state index >= 15 is 0 Å². The van der Waals surface area contributed by atoms with Crippen LogP contribution < -0.4 is 9.47 Å². The van der Waals surface area contributed by atoms with E-state index in [0.717, 1.165) is 11.5 Å². The molecule has 0 radical (unpaired) electrons. The highest BCUT2D eigenvalue weighted by Crippen LogP contribution is 2.33. The molecule has 0 saturated heterocycles. The van der Waals surface area contributed by atoms with Crippen LogP contribution in [0.1, 0.15) is 5.56 Å². The van der Waals surface area contributed by atoms with Crippen LogP contribution in [0.25, 0.3) is 21.8 Å². The molecule has 0 saturated carbocycles. The molecule has 5 rings (SSSR count). The third-order valence-electron chi connectivity index (χ3n) is 3.94. The van der Waals surface area contributed by atoms with E-state index in [1.54, 1.807) is 11.3 Å². The summed E-state index contributed by atoms with van der Waals surface area (Å²) in [4.78, 5) is 3.45. The first-order chi connectivity index (χ1) is 11.3. The van der Waals surface area contributed by atoms with Crippen molar-refractivity contribution in [1.82, 2.24) is 4.98 Å². The lowest BCUT2D eigenvalue weighted by Gasteiger charge is -2.13. The topological polar surface area (TPSA) is 34.2 Å². The second-order valence-corrected chi connectivity index (χ2v) is 6.21. The molecule has 2 aromatic carbocycles. The second-order valence-electron chi connectivity index (χ2n) is 5.47. The van der Waals surface area contributed by atoms with Gasteiger partial charge in [-0.3, -0.25) is 0 Å². The number of fused-ring (bicyclic) bond motifs is 4. The van der Waals surface area contributed by atoms with Gasteiger partial charge in [0, 0.05) is 32.6 Å². The van der Waals surface area contributed by atoms with Crippen molar-refractivity contribution in [2.75, 3.05) is 13.2 Å². The van der Waals surface area contributed by atoms with Crippen molar-refractivity contribution < 1.29 is 9.47 Å². The van der Waals surface area contributed by atoms with Crippen molar-refractivity contribution >= 4 is 33.1 Å². The van der Waals surface area contributed by atoms with Gasteiger partial charge >= 0.3 is 0 Å². The zero-order valence-electron chi connectivity index (χ0n) is 12.8. The van der Waals surface area contributed by atoms with Gasteiger partial charge in [-0.05, 0) is 18.6 Å². The van der Waals surface area contributed by atoms with Crippen LogP contribution in [0.4, 0.5) is 0 Å². The molecule has 1 aliphatic rings. The summed E-state index contributed by atoms with van der Waals surface area (Å²) in [5.74, 6) is 1.79. The van der Waals surface area contributed by atoms with Crippen molar-refractivity contribution in [3.05, 3.63) is 58.8 Å². The number of nitrogens with one attached hydrogen (secondary N) is 1. The van der Waals surface area contributed by atoms with Crippen molar-refractivity contribution in [2.24, 2.45) is 0 Å². The molecule has 1 aliphatic heterocycles. The number of thiophene rings is 1. The van der Waals surface area contributed by atoms with Crippen LogP contribution in [-0.2, 0) is 0 Å². The first kappa shape index (κ1) is 14.2. The predicted molar refractivity (Wildman–Crippen MR) is 95.9 cm³/mol. The lowest BCUT2D eigenvalue weighted by molar-refractivity contribution is 0.173. The lowest BCUT2D eigenvalue weighted by atomic mass is 10.1. The van der Waals surface area contributed by atoms with E-state index in [0.29, 0.717) is 13.2 Å². The summed E-state index contributed by atoms with van der Waals surface area (Å²) in [6.45, 7) is 3.51. The first-order valence-electron chi connectivity index (χ1n) is 7.61. The molecule has 0 fully saturated rings. The fourth-order valence-corrected chi connectivity index (χ4v) is 3.49. The largest absolute Gasteiger partial charge is 0.485 e. The Morgan fingerprint density at radius 3 is 2.35 bits per heavy atom. The zero-order chi connectivity index (χ0) is 15.6. The van der Waals surface area contributed by atoms with Crippen molar-refractivity contribution in [2.45, 2.75) is 6.92 Å². The van der Waals surface area contributed by atoms with Crippen LogP contribution in [0, 0.1) is 6.92 Å². The Balaban J connectivity index is 0.000000130. The minimum absolute atomic E-state index is 0.684. The molecule has 23 heavy (non-hydrogen) atoms. The van der Waals surface area contributed by atoms with Crippen molar-refractivity contribution in [3.63, 3.8) is 0 Å². The van der Waals surface area contributed by atoms with Gasteiger partial charge in [-0.1, -0.05) is 36.4 Å². The van der Waals surface area contributed by atoms with Crippen molar-refractivity contribution in [1.29, 1.82) is 0 Å². The van der Waals surface area contributed by atoms with Gasteiger partial charge in [-0.2, -0.15) is 0 Å². The number of rotatable bonds is 0. The maximum Gasteiger partial charge on any atom is 0.172 e. The van der Waals surface area contributed by atoms with Gasteiger partial charge in [-0.25, -0.2) is 0 Å². The molecule has 0 unspecified atom stereocenters. The van der Waals surface area contributed by atoms with Crippen LogP contribution >= 0.6 is 11.3 Å². The Kier molecular flexibility index (Phi) is 3.67. The molecular formula is C19H17NO2S. The highest BCUT2D eigenvalue weighted by molar-refractivity contribution is 7.08. The van der Waals surface area contributed by atoms with Crippen LogP contribution in [0.5, 0.6) is 11.5 Å². The Morgan fingerprint density at radius 1 is 0.870 bits per heavy atom. The average molecular weight is 323 g/mol. The Morgan fingerprint density at radius 2 is 1.57 bits per heavy atom. The highest BCUT2D eigenvalue weighted by Gasteiger charge is 2.10. The number of aromatic nitrogens is 1. The van der Waals surface area contributed by atoms with E-state index in [-0.39, 0.29) is 0 Å². The van der Waals surface area contributed by atoms with Crippen molar-refractivity contribution in [3.8, 4) is 11.5 Å². The molecule has 4 aromatic rings. The van der Waals surface area contributed by atoms with E-state index in [9.17, 15) is 0 Å². The molecule has 2 aromatic heterocycles. The third-order valence-corrected chi connectivity index (χ3v) is 4.64. The minimum atomic E-state index is 0.684. The predicted octanol–water partition coefficient (Wildman–Crippen LogP) is 5.15. The van der Waals surface area contributed by atoms with Gasteiger partial charge in [0.25, 0.3) is 0 Å². The number of hydrogen-bond acceptors (Lipinski definition) is 3. The number of aromatic amines is 1. The van der Waals surface area contributed by atoms with E-state index < -0.39 is 0 Å². The molecule has 1 N–H and O–H groups in total. The summed E-state index contributed by atoms with van der Waals surface area (Å²) in [6.07, 6.45) is 0. The molecule has 4 heteroatoms. The Labute approximate surface area is 138 Å². The second kappa shape index (κ2) is 5.97. The zero-order valence-corrected chi connectivity index (χ0v) is 13.7. The normalized spacial score (nSPS) is 12.9. The molecule has 0 amide bonds. The Bertz CT molecular complexity index is 934. The number of H-pyrrole nitrogens is 1. The first-order valence-corrected chi connectivity index (χ1v) is 8.55. The minimum Gasteiger partial charge on any atom is -0.485 e. The lowest BCUT2D eigenvalue weighted by Crippen LogP contribution is -2.13. The van der Waals surface area contributed by atoms with E-state index in [1.165, 1.54) is 27.4 Å². The van der Waals surface area contributed by atoms with Gasteiger partial charge in [-0.15, -0.1) is 11.3 Å². The highest BCUT2D eigenvalue weighted by atomic mass is 32.1. The number of aryl methyl sites for hydroxylation is 1. The van der Waals surface area contributed by atoms with E-state index in [4.69, 9.17) is 9.47 Å². The quantitative estimate of drug-likeness (QED) is 0.485.